The molecule has 0 spiro atoms. The second kappa shape index (κ2) is 6.11. The molecule has 15 heavy (non-hydrogen) atoms. The molecule has 2 atom stereocenters. The van der Waals surface area contributed by atoms with Crippen molar-refractivity contribution in [1.29, 1.82) is 0 Å². The van der Waals surface area contributed by atoms with Gasteiger partial charge in [0.05, 0.1) is 13.0 Å². The number of carbonyl (C=O) groups excluding carboxylic acids is 1. The Morgan fingerprint density at radius 2 is 2.33 bits per heavy atom. The molecule has 1 aliphatic rings. The molecule has 88 valence electrons. The van der Waals surface area contributed by atoms with E-state index in [0.29, 0.717) is 0 Å². The lowest BCUT2D eigenvalue weighted by Gasteiger charge is -2.32. The Hall–Kier alpha value is -0.570. The number of likely N-dealkylation sites (tertiary alicyclic amines) is 1. The third-order valence-corrected chi connectivity index (χ3v) is 3.31. The number of ether oxygens (including phenoxy) is 1. The molecular weight excluding hydrogens is 190 g/mol. The largest absolute Gasteiger partial charge is 0.469 e. The summed E-state index contributed by atoms with van der Waals surface area (Å²) in [6.45, 7) is 7.62. The van der Waals surface area contributed by atoms with Crippen molar-refractivity contribution in [2.45, 2.75) is 33.1 Å². The van der Waals surface area contributed by atoms with E-state index in [1.54, 1.807) is 0 Å². The van der Waals surface area contributed by atoms with Crippen LogP contribution in [0, 0.1) is 11.8 Å². The molecule has 0 bridgehead atoms. The molecule has 0 aromatic heterocycles. The summed E-state index contributed by atoms with van der Waals surface area (Å²) in [7, 11) is 1.48. The first-order valence-corrected chi connectivity index (χ1v) is 5.97. The Balaban J connectivity index is 2.38. The van der Waals surface area contributed by atoms with Gasteiger partial charge < -0.3 is 9.64 Å². The topological polar surface area (TPSA) is 29.5 Å². The van der Waals surface area contributed by atoms with Gasteiger partial charge in [0.2, 0.25) is 0 Å². The predicted octanol–water partition coefficient (Wildman–Crippen LogP) is 1.92. The molecule has 1 heterocycles. The van der Waals surface area contributed by atoms with E-state index in [-0.39, 0.29) is 11.9 Å². The quantitative estimate of drug-likeness (QED) is 0.668. The van der Waals surface area contributed by atoms with Crippen LogP contribution in [0.4, 0.5) is 0 Å². The van der Waals surface area contributed by atoms with Crippen molar-refractivity contribution in [1.82, 2.24) is 4.90 Å². The van der Waals surface area contributed by atoms with Crippen molar-refractivity contribution in [3.8, 4) is 0 Å². The fourth-order valence-corrected chi connectivity index (χ4v) is 2.15. The number of carbonyl (C=O) groups is 1. The van der Waals surface area contributed by atoms with Crippen molar-refractivity contribution >= 4 is 5.97 Å². The van der Waals surface area contributed by atoms with Gasteiger partial charge in [-0.15, -0.1) is 0 Å². The van der Waals surface area contributed by atoms with Crippen LogP contribution >= 0.6 is 0 Å². The van der Waals surface area contributed by atoms with Gasteiger partial charge in [-0.3, -0.25) is 4.79 Å². The van der Waals surface area contributed by atoms with Gasteiger partial charge in [-0.1, -0.05) is 20.3 Å². The summed E-state index contributed by atoms with van der Waals surface area (Å²) in [5.74, 6) is 0.790. The van der Waals surface area contributed by atoms with E-state index >= 15 is 0 Å². The van der Waals surface area contributed by atoms with E-state index in [1.807, 2.05) is 0 Å². The molecule has 1 unspecified atom stereocenters. The van der Waals surface area contributed by atoms with Crippen LogP contribution in [0.2, 0.25) is 0 Å². The van der Waals surface area contributed by atoms with Crippen LogP contribution in [0.3, 0.4) is 0 Å². The van der Waals surface area contributed by atoms with Crippen molar-refractivity contribution in [3.63, 3.8) is 0 Å². The highest BCUT2D eigenvalue weighted by Crippen LogP contribution is 2.19. The fourth-order valence-electron chi connectivity index (χ4n) is 2.15. The summed E-state index contributed by atoms with van der Waals surface area (Å²) in [4.78, 5) is 13.8. The smallest absolute Gasteiger partial charge is 0.309 e. The van der Waals surface area contributed by atoms with E-state index in [4.69, 9.17) is 4.74 Å². The lowest BCUT2D eigenvalue weighted by Crippen LogP contribution is -2.41. The summed E-state index contributed by atoms with van der Waals surface area (Å²) in [6, 6.07) is 0. The van der Waals surface area contributed by atoms with Crippen LogP contribution in [0.1, 0.15) is 33.1 Å². The first-order chi connectivity index (χ1) is 7.17. The van der Waals surface area contributed by atoms with Crippen molar-refractivity contribution in [3.05, 3.63) is 0 Å². The van der Waals surface area contributed by atoms with E-state index in [9.17, 15) is 4.79 Å². The summed E-state index contributed by atoms with van der Waals surface area (Å²) in [5, 5.41) is 0. The lowest BCUT2D eigenvalue weighted by atomic mass is 9.97. The number of rotatable bonds is 4. The van der Waals surface area contributed by atoms with Gasteiger partial charge in [-0.25, -0.2) is 0 Å². The second-order valence-corrected chi connectivity index (χ2v) is 4.64. The molecule has 0 aromatic carbocycles. The van der Waals surface area contributed by atoms with E-state index in [2.05, 4.69) is 18.7 Å². The Morgan fingerprint density at radius 3 is 2.93 bits per heavy atom. The number of methoxy groups -OCH3 is 1. The summed E-state index contributed by atoms with van der Waals surface area (Å²) in [6.07, 6.45) is 3.32. The molecule has 0 N–H and O–H groups in total. The first-order valence-electron chi connectivity index (χ1n) is 5.97. The fraction of sp³-hybridized carbons (Fsp3) is 0.917. The minimum atomic E-state index is -0.0381. The van der Waals surface area contributed by atoms with Crippen molar-refractivity contribution < 1.29 is 9.53 Å². The number of nitrogens with zero attached hydrogens (tertiary/aromatic N) is 1. The standard InChI is InChI=1S/C12H23NO2/c1-4-10(2)8-13-7-5-6-11(9-13)12(14)15-3/h10-11H,4-9H2,1-3H3/t10?,11-/m0/s1. The van der Waals surface area contributed by atoms with Crippen LogP contribution in [-0.2, 0) is 9.53 Å². The molecule has 1 aliphatic heterocycles. The number of hydrogen-bond acceptors (Lipinski definition) is 3. The van der Waals surface area contributed by atoms with Gasteiger partial charge in [0.25, 0.3) is 0 Å². The van der Waals surface area contributed by atoms with Crippen LogP contribution in [0.25, 0.3) is 0 Å². The lowest BCUT2D eigenvalue weighted by molar-refractivity contribution is -0.147. The van der Waals surface area contributed by atoms with Crippen molar-refractivity contribution in [2.75, 3.05) is 26.7 Å². The Kier molecular flexibility index (Phi) is 5.09. The molecule has 3 nitrogen and oxygen atoms in total. The van der Waals surface area contributed by atoms with Gasteiger partial charge in [0, 0.05) is 13.1 Å². The molecule has 1 rings (SSSR count). The zero-order valence-corrected chi connectivity index (χ0v) is 10.2. The zero-order chi connectivity index (χ0) is 11.3. The minimum Gasteiger partial charge on any atom is -0.469 e. The summed E-state index contributed by atoms with van der Waals surface area (Å²) >= 11 is 0. The molecule has 0 aromatic rings. The predicted molar refractivity (Wildman–Crippen MR) is 60.6 cm³/mol. The number of esters is 1. The van der Waals surface area contributed by atoms with Gasteiger partial charge in [-0.05, 0) is 25.3 Å². The van der Waals surface area contributed by atoms with E-state index in [1.165, 1.54) is 13.5 Å². The maximum Gasteiger partial charge on any atom is 0.309 e. The molecule has 1 fully saturated rings. The maximum atomic E-state index is 11.4. The summed E-state index contributed by atoms with van der Waals surface area (Å²) in [5.41, 5.74) is 0. The van der Waals surface area contributed by atoms with E-state index < -0.39 is 0 Å². The minimum absolute atomic E-state index is 0.0381. The second-order valence-electron chi connectivity index (χ2n) is 4.64. The van der Waals surface area contributed by atoms with Crippen LogP contribution in [0.15, 0.2) is 0 Å². The average molecular weight is 213 g/mol. The van der Waals surface area contributed by atoms with Gasteiger partial charge in [-0.2, -0.15) is 0 Å². The van der Waals surface area contributed by atoms with Crippen LogP contribution in [-0.4, -0.2) is 37.6 Å². The highest BCUT2D eigenvalue weighted by molar-refractivity contribution is 5.72. The normalized spacial score (nSPS) is 24.9. The van der Waals surface area contributed by atoms with Gasteiger partial charge in [0.1, 0.15) is 0 Å². The molecular formula is C12H23NO2. The molecule has 0 saturated carbocycles. The Labute approximate surface area is 92.8 Å². The number of hydrogen-bond donors (Lipinski definition) is 0. The molecule has 0 amide bonds. The highest BCUT2D eigenvalue weighted by Gasteiger charge is 2.26. The summed E-state index contributed by atoms with van der Waals surface area (Å²) < 4.78 is 4.80. The third-order valence-electron chi connectivity index (χ3n) is 3.31. The SMILES string of the molecule is CCC(C)CN1CCC[C@H](C(=O)OC)C1. The maximum absolute atomic E-state index is 11.4. The monoisotopic (exact) mass is 213 g/mol. The molecule has 0 radical (unpaired) electrons. The Bertz CT molecular complexity index is 206. The number of piperidine rings is 1. The van der Waals surface area contributed by atoms with Gasteiger partial charge >= 0.3 is 5.97 Å². The Morgan fingerprint density at radius 1 is 1.60 bits per heavy atom. The first kappa shape index (κ1) is 12.5. The zero-order valence-electron chi connectivity index (χ0n) is 10.2. The average Bonchev–Trinajstić information content (AvgIpc) is 2.28. The van der Waals surface area contributed by atoms with Gasteiger partial charge in [0.15, 0.2) is 0 Å². The molecule has 1 saturated heterocycles. The van der Waals surface area contributed by atoms with Crippen LogP contribution < -0.4 is 0 Å². The molecule has 3 heteroatoms. The molecule has 0 aliphatic carbocycles. The van der Waals surface area contributed by atoms with Crippen LogP contribution in [0.5, 0.6) is 0 Å². The van der Waals surface area contributed by atoms with Crippen molar-refractivity contribution in [2.24, 2.45) is 11.8 Å². The highest BCUT2D eigenvalue weighted by atomic mass is 16.5. The third kappa shape index (κ3) is 3.82. The van der Waals surface area contributed by atoms with E-state index in [0.717, 1.165) is 38.4 Å².